The Balaban J connectivity index is 1.70. The van der Waals surface area contributed by atoms with Gasteiger partial charge in [0.1, 0.15) is 0 Å². The van der Waals surface area contributed by atoms with Crippen LogP contribution in [0.3, 0.4) is 0 Å². The van der Waals surface area contributed by atoms with Crippen LogP contribution in [0.15, 0.2) is 5.16 Å². The van der Waals surface area contributed by atoms with Crippen molar-refractivity contribution in [3.8, 4) is 0 Å². The molecule has 0 aromatic carbocycles. The SMILES string of the molecule is CC(C)n1c(N)nnc1SC1CCOC2(CCOCC2)C1. The quantitative estimate of drug-likeness (QED) is 0.922. The first-order valence-corrected chi connectivity index (χ1v) is 8.56. The molecule has 6 nitrogen and oxygen atoms in total. The number of nitrogens with two attached hydrogens (primary N) is 1. The van der Waals surface area contributed by atoms with Gasteiger partial charge in [0.25, 0.3) is 0 Å². The summed E-state index contributed by atoms with van der Waals surface area (Å²) in [6, 6.07) is 0.277. The smallest absolute Gasteiger partial charge is 0.222 e. The maximum atomic E-state index is 6.10. The van der Waals surface area contributed by atoms with E-state index in [2.05, 4.69) is 24.0 Å². The zero-order valence-corrected chi connectivity index (χ0v) is 13.6. The summed E-state index contributed by atoms with van der Waals surface area (Å²) in [5, 5.41) is 9.72. The Morgan fingerprint density at radius 2 is 2.05 bits per heavy atom. The largest absolute Gasteiger partial charge is 0.381 e. The van der Waals surface area contributed by atoms with E-state index in [4.69, 9.17) is 15.2 Å². The summed E-state index contributed by atoms with van der Waals surface area (Å²) in [7, 11) is 0. The molecule has 0 radical (unpaired) electrons. The number of rotatable bonds is 3. The molecule has 1 atom stereocenters. The van der Waals surface area contributed by atoms with Gasteiger partial charge < -0.3 is 15.2 Å². The van der Waals surface area contributed by atoms with Gasteiger partial charge in [-0.15, -0.1) is 10.2 Å². The molecule has 2 saturated heterocycles. The lowest BCUT2D eigenvalue weighted by Gasteiger charge is -2.43. The summed E-state index contributed by atoms with van der Waals surface area (Å²) in [5.74, 6) is 0.500. The summed E-state index contributed by atoms with van der Waals surface area (Å²) >= 11 is 1.80. The van der Waals surface area contributed by atoms with Crippen molar-refractivity contribution in [3.63, 3.8) is 0 Å². The molecular formula is C14H24N4O2S. The van der Waals surface area contributed by atoms with Gasteiger partial charge in [-0.25, -0.2) is 0 Å². The minimum Gasteiger partial charge on any atom is -0.381 e. The molecule has 1 aromatic rings. The number of hydrogen-bond acceptors (Lipinski definition) is 6. The molecular weight excluding hydrogens is 288 g/mol. The van der Waals surface area contributed by atoms with E-state index in [9.17, 15) is 0 Å². The first kappa shape index (κ1) is 15.1. The maximum Gasteiger partial charge on any atom is 0.222 e. The van der Waals surface area contributed by atoms with Gasteiger partial charge in [-0.3, -0.25) is 4.57 Å². The van der Waals surface area contributed by atoms with E-state index in [1.165, 1.54) is 0 Å². The first-order chi connectivity index (χ1) is 10.1. The Kier molecular flexibility index (Phi) is 4.42. The summed E-state index contributed by atoms with van der Waals surface area (Å²) in [5.41, 5.74) is 5.93. The van der Waals surface area contributed by atoms with Gasteiger partial charge in [-0.2, -0.15) is 0 Å². The third-order valence-electron chi connectivity index (χ3n) is 4.33. The lowest BCUT2D eigenvalue weighted by Crippen LogP contribution is -2.45. The van der Waals surface area contributed by atoms with Gasteiger partial charge in [-0.05, 0) is 39.5 Å². The zero-order valence-electron chi connectivity index (χ0n) is 12.7. The van der Waals surface area contributed by atoms with Crippen molar-refractivity contribution in [2.75, 3.05) is 25.6 Å². The molecule has 1 spiro atoms. The third kappa shape index (κ3) is 3.19. The minimum atomic E-state index is 0.0163. The monoisotopic (exact) mass is 312 g/mol. The van der Waals surface area contributed by atoms with Gasteiger partial charge in [0, 0.05) is 31.1 Å². The van der Waals surface area contributed by atoms with E-state index in [0.29, 0.717) is 11.2 Å². The van der Waals surface area contributed by atoms with E-state index >= 15 is 0 Å². The van der Waals surface area contributed by atoms with Crippen LogP contribution in [0.5, 0.6) is 0 Å². The molecule has 21 heavy (non-hydrogen) atoms. The number of thioether (sulfide) groups is 1. The van der Waals surface area contributed by atoms with Crippen molar-refractivity contribution in [2.24, 2.45) is 0 Å². The van der Waals surface area contributed by atoms with Crippen molar-refractivity contribution in [1.29, 1.82) is 0 Å². The second-order valence-corrected chi connectivity index (χ2v) is 7.45. The van der Waals surface area contributed by atoms with Gasteiger partial charge in [0.15, 0.2) is 5.16 Å². The molecule has 2 N–H and O–H groups in total. The molecule has 1 aromatic heterocycles. The molecule has 3 rings (SSSR count). The molecule has 0 aliphatic carbocycles. The Morgan fingerprint density at radius 3 is 2.76 bits per heavy atom. The zero-order chi connectivity index (χ0) is 14.9. The van der Waals surface area contributed by atoms with E-state index in [1.807, 2.05) is 4.57 Å². The number of nitrogen functional groups attached to an aromatic ring is 1. The Morgan fingerprint density at radius 1 is 1.29 bits per heavy atom. The van der Waals surface area contributed by atoms with Crippen molar-refractivity contribution < 1.29 is 9.47 Å². The molecule has 0 saturated carbocycles. The Labute approximate surface area is 129 Å². The predicted octanol–water partition coefficient (Wildman–Crippen LogP) is 2.26. The number of ether oxygens (including phenoxy) is 2. The predicted molar refractivity (Wildman–Crippen MR) is 82.4 cm³/mol. The van der Waals surface area contributed by atoms with Crippen LogP contribution in [0.4, 0.5) is 5.95 Å². The molecule has 2 aliphatic rings. The average Bonchev–Trinajstić information content (AvgIpc) is 2.81. The van der Waals surface area contributed by atoms with Crippen molar-refractivity contribution >= 4 is 17.7 Å². The van der Waals surface area contributed by atoms with Gasteiger partial charge >= 0.3 is 0 Å². The summed E-state index contributed by atoms with van der Waals surface area (Å²) in [4.78, 5) is 0. The second kappa shape index (κ2) is 6.14. The van der Waals surface area contributed by atoms with Crippen LogP contribution < -0.4 is 5.73 Å². The van der Waals surface area contributed by atoms with Gasteiger partial charge in [0.05, 0.1) is 5.60 Å². The van der Waals surface area contributed by atoms with E-state index in [0.717, 1.165) is 50.7 Å². The lowest BCUT2D eigenvalue weighted by atomic mass is 9.86. The topological polar surface area (TPSA) is 75.2 Å². The number of anilines is 1. The second-order valence-electron chi connectivity index (χ2n) is 6.18. The molecule has 2 aliphatic heterocycles. The Hall–Kier alpha value is -0.790. The molecule has 0 bridgehead atoms. The third-order valence-corrected chi connectivity index (χ3v) is 5.56. The number of nitrogens with zero attached hydrogens (tertiary/aromatic N) is 3. The molecule has 2 fully saturated rings. The van der Waals surface area contributed by atoms with Crippen LogP contribution in [0.1, 0.15) is 45.6 Å². The molecule has 118 valence electrons. The van der Waals surface area contributed by atoms with E-state index in [1.54, 1.807) is 11.8 Å². The van der Waals surface area contributed by atoms with Crippen LogP contribution in [0.2, 0.25) is 0 Å². The summed E-state index contributed by atoms with van der Waals surface area (Å²) in [6.45, 7) is 6.66. The highest BCUT2D eigenvalue weighted by Crippen LogP contribution is 2.41. The maximum absolute atomic E-state index is 6.10. The average molecular weight is 312 g/mol. The molecule has 7 heteroatoms. The van der Waals surface area contributed by atoms with Crippen LogP contribution in [0.25, 0.3) is 0 Å². The van der Waals surface area contributed by atoms with Gasteiger partial charge in [0.2, 0.25) is 5.95 Å². The molecule has 0 amide bonds. The van der Waals surface area contributed by atoms with Gasteiger partial charge in [-0.1, -0.05) is 11.8 Å². The number of aromatic nitrogens is 3. The highest BCUT2D eigenvalue weighted by molar-refractivity contribution is 7.99. The summed E-state index contributed by atoms with van der Waals surface area (Å²) < 4.78 is 13.6. The van der Waals surface area contributed by atoms with Crippen LogP contribution in [0, 0.1) is 0 Å². The number of hydrogen-bond donors (Lipinski definition) is 1. The van der Waals surface area contributed by atoms with Crippen molar-refractivity contribution in [1.82, 2.24) is 14.8 Å². The highest BCUT2D eigenvalue weighted by Gasteiger charge is 2.39. The van der Waals surface area contributed by atoms with Crippen molar-refractivity contribution in [2.45, 2.75) is 61.6 Å². The standard InChI is InChI=1S/C14H24N4O2S/c1-10(2)18-12(15)16-17-13(18)21-11-3-6-20-14(9-11)4-7-19-8-5-14/h10-11H,3-9H2,1-2H3,(H2,15,16). The van der Waals surface area contributed by atoms with Crippen molar-refractivity contribution in [3.05, 3.63) is 0 Å². The molecule has 3 heterocycles. The van der Waals surface area contributed by atoms with E-state index in [-0.39, 0.29) is 11.6 Å². The fourth-order valence-corrected chi connectivity index (χ4v) is 4.58. The van der Waals surface area contributed by atoms with Crippen LogP contribution >= 0.6 is 11.8 Å². The van der Waals surface area contributed by atoms with E-state index < -0.39 is 0 Å². The fraction of sp³-hybridized carbons (Fsp3) is 0.857. The minimum absolute atomic E-state index is 0.0163. The Bertz CT molecular complexity index is 480. The normalized spacial score (nSPS) is 25.6. The lowest BCUT2D eigenvalue weighted by molar-refractivity contribution is -0.131. The van der Waals surface area contributed by atoms with Crippen LogP contribution in [-0.4, -0.2) is 45.4 Å². The summed E-state index contributed by atoms with van der Waals surface area (Å²) in [6.07, 6.45) is 4.12. The fourth-order valence-electron chi connectivity index (χ4n) is 3.18. The molecule has 1 unspecified atom stereocenters. The highest BCUT2D eigenvalue weighted by atomic mass is 32.2. The first-order valence-electron chi connectivity index (χ1n) is 7.68. The van der Waals surface area contributed by atoms with Crippen LogP contribution in [-0.2, 0) is 9.47 Å².